The molecule has 2 aromatic rings. The lowest BCUT2D eigenvalue weighted by Crippen LogP contribution is -2.55. The van der Waals surface area contributed by atoms with Crippen LogP contribution < -0.4 is 22.1 Å². The molecule has 0 saturated carbocycles. The van der Waals surface area contributed by atoms with Crippen LogP contribution in [-0.2, 0) is 25.6 Å². The van der Waals surface area contributed by atoms with E-state index in [1.165, 1.54) is 0 Å². The molecule has 0 fully saturated rings. The van der Waals surface area contributed by atoms with Crippen molar-refractivity contribution in [1.82, 2.24) is 15.6 Å². The second-order valence-corrected chi connectivity index (χ2v) is 7.93. The first-order chi connectivity index (χ1) is 14.6. The number of hydrogen-bond acceptors (Lipinski definition) is 5. The summed E-state index contributed by atoms with van der Waals surface area (Å²) in [5.74, 6) is -3.26. The predicted octanol–water partition coefficient (Wildman–Crippen LogP) is 0.0134. The Kier molecular flexibility index (Phi) is 8.14. The molecule has 8 N–H and O–H groups in total. The molecule has 0 aliphatic rings. The van der Waals surface area contributed by atoms with Crippen LogP contribution >= 0.6 is 0 Å². The molecule has 0 saturated heterocycles. The van der Waals surface area contributed by atoms with Gasteiger partial charge in [-0.25, -0.2) is 4.79 Å². The van der Waals surface area contributed by atoms with E-state index < -0.39 is 41.8 Å². The van der Waals surface area contributed by atoms with Crippen LogP contribution in [0.1, 0.15) is 32.3 Å². The third-order valence-corrected chi connectivity index (χ3v) is 4.81. The van der Waals surface area contributed by atoms with Crippen LogP contribution in [0.3, 0.4) is 0 Å². The number of carbonyl (C=O) groups excluding carboxylic acids is 3. The summed E-state index contributed by atoms with van der Waals surface area (Å²) >= 11 is 0. The molecule has 3 atom stereocenters. The van der Waals surface area contributed by atoms with Crippen molar-refractivity contribution in [3.05, 3.63) is 36.0 Å². The normalized spacial score (nSPS) is 14.1. The second kappa shape index (κ2) is 10.6. The SMILES string of the molecule is CC(C)CC(NC(=O)C(Cc1c[nH]c2ccccc12)NC(=O)C(N)CC(N)=O)C(=O)O. The zero-order valence-electron chi connectivity index (χ0n) is 17.6. The summed E-state index contributed by atoms with van der Waals surface area (Å²) in [6, 6.07) is 4.03. The van der Waals surface area contributed by atoms with Gasteiger partial charge in [-0.1, -0.05) is 32.0 Å². The Morgan fingerprint density at radius 3 is 2.32 bits per heavy atom. The fourth-order valence-electron chi connectivity index (χ4n) is 3.28. The van der Waals surface area contributed by atoms with Crippen molar-refractivity contribution in [3.8, 4) is 0 Å². The molecule has 3 amide bonds. The zero-order chi connectivity index (χ0) is 23.1. The van der Waals surface area contributed by atoms with Gasteiger partial charge in [0.1, 0.15) is 12.1 Å². The van der Waals surface area contributed by atoms with E-state index in [0.29, 0.717) is 0 Å². The number of nitrogens with two attached hydrogens (primary N) is 2. The Morgan fingerprint density at radius 1 is 1.06 bits per heavy atom. The fourth-order valence-corrected chi connectivity index (χ4v) is 3.28. The molecule has 1 heterocycles. The van der Waals surface area contributed by atoms with Crippen molar-refractivity contribution >= 4 is 34.6 Å². The van der Waals surface area contributed by atoms with E-state index >= 15 is 0 Å². The van der Waals surface area contributed by atoms with E-state index in [4.69, 9.17) is 11.5 Å². The molecular weight excluding hydrogens is 402 g/mol. The summed E-state index contributed by atoms with van der Waals surface area (Å²) in [5.41, 5.74) is 12.4. The van der Waals surface area contributed by atoms with Crippen molar-refractivity contribution in [3.63, 3.8) is 0 Å². The molecule has 3 unspecified atom stereocenters. The number of aromatic nitrogens is 1. The van der Waals surface area contributed by atoms with Crippen LogP contribution in [0.15, 0.2) is 30.5 Å². The number of H-pyrrole nitrogens is 1. The van der Waals surface area contributed by atoms with Gasteiger partial charge in [-0.05, 0) is 24.0 Å². The van der Waals surface area contributed by atoms with Gasteiger partial charge in [0, 0.05) is 23.5 Å². The van der Waals surface area contributed by atoms with Gasteiger partial charge in [0.05, 0.1) is 12.5 Å². The van der Waals surface area contributed by atoms with Crippen LogP contribution in [0.4, 0.5) is 0 Å². The van der Waals surface area contributed by atoms with Crippen LogP contribution in [-0.4, -0.2) is 51.9 Å². The predicted molar refractivity (Wildman–Crippen MR) is 115 cm³/mol. The van der Waals surface area contributed by atoms with Crippen LogP contribution in [0.2, 0.25) is 0 Å². The summed E-state index contributed by atoms with van der Waals surface area (Å²) in [6.45, 7) is 3.69. The largest absolute Gasteiger partial charge is 0.480 e. The number of aliphatic carboxylic acids is 1. The number of primary amides is 1. The lowest BCUT2D eigenvalue weighted by Gasteiger charge is -2.23. The first-order valence-electron chi connectivity index (χ1n) is 10.0. The van der Waals surface area contributed by atoms with Crippen molar-refractivity contribution in [2.24, 2.45) is 17.4 Å². The highest BCUT2D eigenvalue weighted by Crippen LogP contribution is 2.19. The van der Waals surface area contributed by atoms with Gasteiger partial charge < -0.3 is 32.2 Å². The van der Waals surface area contributed by atoms with E-state index in [-0.39, 0.29) is 25.2 Å². The molecule has 0 spiro atoms. The van der Waals surface area contributed by atoms with Gasteiger partial charge >= 0.3 is 5.97 Å². The fraction of sp³-hybridized carbons (Fsp3) is 0.429. The Balaban J connectivity index is 2.25. The third-order valence-electron chi connectivity index (χ3n) is 4.81. The number of hydrogen-bond donors (Lipinski definition) is 6. The number of fused-ring (bicyclic) bond motifs is 1. The number of carboxylic acids is 1. The summed E-state index contributed by atoms with van der Waals surface area (Å²) < 4.78 is 0. The van der Waals surface area contributed by atoms with Crippen molar-refractivity contribution < 1.29 is 24.3 Å². The Hall–Kier alpha value is -3.40. The average molecular weight is 431 g/mol. The molecular formula is C21H29N5O5. The maximum absolute atomic E-state index is 13.0. The molecule has 0 aliphatic heterocycles. The van der Waals surface area contributed by atoms with E-state index in [1.54, 1.807) is 6.20 Å². The van der Waals surface area contributed by atoms with Crippen molar-refractivity contribution in [2.45, 2.75) is 51.2 Å². The minimum Gasteiger partial charge on any atom is -0.480 e. The Morgan fingerprint density at radius 2 is 1.71 bits per heavy atom. The van der Waals surface area contributed by atoms with Gasteiger partial charge in [0.15, 0.2) is 0 Å². The number of carbonyl (C=O) groups is 4. The lowest BCUT2D eigenvalue weighted by atomic mass is 10.0. The molecule has 1 aromatic carbocycles. The summed E-state index contributed by atoms with van der Waals surface area (Å²) in [5, 5.41) is 15.3. The number of rotatable bonds is 11. The van der Waals surface area contributed by atoms with Crippen molar-refractivity contribution in [2.75, 3.05) is 0 Å². The monoisotopic (exact) mass is 431 g/mol. The molecule has 10 heteroatoms. The summed E-state index contributed by atoms with van der Waals surface area (Å²) in [7, 11) is 0. The van der Waals surface area contributed by atoms with Crippen LogP contribution in [0.5, 0.6) is 0 Å². The molecule has 10 nitrogen and oxygen atoms in total. The molecule has 2 rings (SSSR count). The molecule has 31 heavy (non-hydrogen) atoms. The number of amides is 3. The van der Waals surface area contributed by atoms with Crippen LogP contribution in [0, 0.1) is 5.92 Å². The Bertz CT molecular complexity index is 955. The quantitative estimate of drug-likeness (QED) is 0.291. The van der Waals surface area contributed by atoms with Gasteiger partial charge in [0.25, 0.3) is 0 Å². The van der Waals surface area contributed by atoms with E-state index in [1.807, 2.05) is 38.1 Å². The molecule has 0 bridgehead atoms. The minimum absolute atomic E-state index is 0.0343. The first-order valence-corrected chi connectivity index (χ1v) is 10.0. The molecule has 168 valence electrons. The minimum atomic E-state index is -1.22. The highest BCUT2D eigenvalue weighted by molar-refractivity contribution is 5.94. The Labute approximate surface area is 179 Å². The lowest BCUT2D eigenvalue weighted by molar-refractivity contribution is -0.142. The number of carboxylic acid groups (broad SMARTS) is 1. The summed E-state index contributed by atoms with van der Waals surface area (Å²) in [4.78, 5) is 51.1. The molecule has 0 radical (unpaired) electrons. The van der Waals surface area contributed by atoms with Crippen LogP contribution in [0.25, 0.3) is 10.9 Å². The maximum Gasteiger partial charge on any atom is 0.326 e. The molecule has 1 aromatic heterocycles. The number of nitrogens with one attached hydrogen (secondary N) is 3. The molecule has 0 aliphatic carbocycles. The standard InChI is InChI=1S/C21H29N5O5/c1-11(2)7-17(21(30)31)26-20(29)16(25-19(28)14(22)9-18(23)27)8-12-10-24-15-6-4-3-5-13(12)15/h3-6,10-11,14,16-17,24H,7-9,22H2,1-2H3,(H2,23,27)(H,25,28)(H,26,29)(H,30,31). The number of aromatic amines is 1. The van der Waals surface area contributed by atoms with Gasteiger partial charge in [-0.15, -0.1) is 0 Å². The highest BCUT2D eigenvalue weighted by atomic mass is 16.4. The first kappa shape index (κ1) is 23.9. The number of benzene rings is 1. The number of para-hydroxylation sites is 1. The summed E-state index contributed by atoms with van der Waals surface area (Å²) in [6.07, 6.45) is 1.68. The van der Waals surface area contributed by atoms with E-state index in [9.17, 15) is 24.3 Å². The van der Waals surface area contributed by atoms with Gasteiger partial charge in [-0.3, -0.25) is 14.4 Å². The van der Waals surface area contributed by atoms with Gasteiger partial charge in [-0.2, -0.15) is 0 Å². The topological polar surface area (TPSA) is 180 Å². The van der Waals surface area contributed by atoms with Gasteiger partial charge in [0.2, 0.25) is 17.7 Å². The highest BCUT2D eigenvalue weighted by Gasteiger charge is 2.29. The zero-order valence-corrected chi connectivity index (χ0v) is 17.6. The van der Waals surface area contributed by atoms with E-state index in [0.717, 1.165) is 16.5 Å². The van der Waals surface area contributed by atoms with E-state index in [2.05, 4.69) is 15.6 Å². The second-order valence-electron chi connectivity index (χ2n) is 7.93. The maximum atomic E-state index is 13.0. The smallest absolute Gasteiger partial charge is 0.326 e. The third kappa shape index (κ3) is 6.82. The van der Waals surface area contributed by atoms with Crippen molar-refractivity contribution in [1.29, 1.82) is 0 Å². The average Bonchev–Trinajstić information content (AvgIpc) is 3.08.